The van der Waals surface area contributed by atoms with Crippen molar-refractivity contribution in [2.75, 3.05) is 0 Å². The van der Waals surface area contributed by atoms with E-state index in [1.165, 1.54) is 5.56 Å². The number of rotatable bonds is 2. The fraction of sp³-hybridized carbons (Fsp3) is 0.417. The van der Waals surface area contributed by atoms with E-state index < -0.39 is 0 Å². The summed E-state index contributed by atoms with van der Waals surface area (Å²) in [4.78, 5) is 11.3. The van der Waals surface area contributed by atoms with Crippen molar-refractivity contribution >= 4 is 5.91 Å². The molecule has 0 fully saturated rings. The number of hydrogen-bond acceptors (Lipinski definition) is 1. The van der Waals surface area contributed by atoms with E-state index >= 15 is 0 Å². The summed E-state index contributed by atoms with van der Waals surface area (Å²) >= 11 is 0. The lowest BCUT2D eigenvalue weighted by atomic mass is 9.95. The van der Waals surface area contributed by atoms with E-state index in [0.717, 1.165) is 17.5 Å². The van der Waals surface area contributed by atoms with E-state index in [2.05, 4.69) is 31.3 Å². The van der Waals surface area contributed by atoms with Crippen LogP contribution >= 0.6 is 0 Å². The van der Waals surface area contributed by atoms with E-state index in [4.69, 9.17) is 0 Å². The van der Waals surface area contributed by atoms with Gasteiger partial charge in [0, 0.05) is 12.1 Å². The van der Waals surface area contributed by atoms with Gasteiger partial charge in [0.15, 0.2) is 0 Å². The third-order valence-corrected chi connectivity index (χ3v) is 2.99. The normalized spacial score (nSPS) is 16.3. The molecule has 1 N–H and O–H groups in total. The predicted molar refractivity (Wildman–Crippen MR) is 56.3 cm³/mol. The highest BCUT2D eigenvalue weighted by Gasteiger charge is 2.19. The summed E-state index contributed by atoms with van der Waals surface area (Å²) in [7, 11) is 0. The maximum Gasteiger partial charge on any atom is 0.251 e. The van der Waals surface area contributed by atoms with Crippen molar-refractivity contribution in [2.45, 2.75) is 32.7 Å². The molecule has 1 atom stereocenters. The molecule has 1 aliphatic heterocycles. The van der Waals surface area contributed by atoms with Gasteiger partial charge in [-0.3, -0.25) is 4.79 Å². The Morgan fingerprint density at radius 3 is 3.00 bits per heavy atom. The summed E-state index contributed by atoms with van der Waals surface area (Å²) in [6.45, 7) is 5.09. The van der Waals surface area contributed by atoms with Gasteiger partial charge in [0.25, 0.3) is 5.91 Å². The topological polar surface area (TPSA) is 29.1 Å². The van der Waals surface area contributed by atoms with Crippen molar-refractivity contribution in [3.63, 3.8) is 0 Å². The third kappa shape index (κ3) is 1.41. The minimum Gasteiger partial charge on any atom is -0.348 e. The van der Waals surface area contributed by atoms with Crippen molar-refractivity contribution in [2.24, 2.45) is 0 Å². The zero-order valence-electron chi connectivity index (χ0n) is 8.63. The Bertz CT molecular complexity index is 371. The molecule has 0 spiro atoms. The molecule has 0 aromatic heterocycles. The van der Waals surface area contributed by atoms with Crippen LogP contribution in [0.4, 0.5) is 0 Å². The number of carbonyl (C=O) groups is 1. The molecule has 2 rings (SSSR count). The highest BCUT2D eigenvalue weighted by atomic mass is 16.1. The van der Waals surface area contributed by atoms with Crippen LogP contribution in [0.1, 0.15) is 47.7 Å². The minimum atomic E-state index is 0.0655. The lowest BCUT2D eigenvalue weighted by Gasteiger charge is -2.09. The summed E-state index contributed by atoms with van der Waals surface area (Å²) in [6.07, 6.45) is 1.14. The van der Waals surface area contributed by atoms with Crippen LogP contribution < -0.4 is 5.32 Å². The monoisotopic (exact) mass is 189 g/mol. The van der Waals surface area contributed by atoms with Crippen molar-refractivity contribution in [1.29, 1.82) is 0 Å². The Morgan fingerprint density at radius 1 is 1.50 bits per heavy atom. The van der Waals surface area contributed by atoms with Gasteiger partial charge in [-0.15, -0.1) is 0 Å². The molecule has 2 nitrogen and oxygen atoms in total. The molecule has 2 heteroatoms. The molecule has 0 radical (unpaired) electrons. The van der Waals surface area contributed by atoms with Crippen LogP contribution in [0.2, 0.25) is 0 Å². The van der Waals surface area contributed by atoms with E-state index in [1.54, 1.807) is 0 Å². The first-order valence-electron chi connectivity index (χ1n) is 5.13. The molecule has 1 unspecified atom stereocenters. The highest BCUT2D eigenvalue weighted by molar-refractivity contribution is 5.98. The molecule has 14 heavy (non-hydrogen) atoms. The first kappa shape index (κ1) is 9.25. The zero-order chi connectivity index (χ0) is 10.1. The van der Waals surface area contributed by atoms with Gasteiger partial charge in [-0.05, 0) is 29.5 Å². The van der Waals surface area contributed by atoms with Crippen molar-refractivity contribution in [3.05, 3.63) is 34.9 Å². The quantitative estimate of drug-likeness (QED) is 0.760. The second-order valence-corrected chi connectivity index (χ2v) is 3.91. The molecule has 1 aliphatic rings. The average molecular weight is 189 g/mol. The Kier molecular flexibility index (Phi) is 2.28. The molecule has 0 aliphatic carbocycles. The Hall–Kier alpha value is -1.31. The summed E-state index contributed by atoms with van der Waals surface area (Å²) in [6, 6.07) is 6.17. The van der Waals surface area contributed by atoms with Crippen LogP contribution in [0, 0.1) is 0 Å². The van der Waals surface area contributed by atoms with Crippen molar-refractivity contribution < 1.29 is 4.79 Å². The number of hydrogen-bond donors (Lipinski definition) is 1. The second-order valence-electron chi connectivity index (χ2n) is 3.91. The number of nitrogens with one attached hydrogen (secondary N) is 1. The van der Waals surface area contributed by atoms with E-state index in [1.807, 2.05) is 6.07 Å². The number of amides is 1. The third-order valence-electron chi connectivity index (χ3n) is 2.99. The average Bonchev–Trinajstić information content (AvgIpc) is 2.59. The van der Waals surface area contributed by atoms with Crippen LogP contribution in [0.3, 0.4) is 0 Å². The SMILES string of the molecule is CCC(C)c1ccc2c(c1)CNC2=O. The summed E-state index contributed by atoms with van der Waals surface area (Å²) in [5, 5.41) is 2.83. The standard InChI is InChI=1S/C12H15NO/c1-3-8(2)9-4-5-11-10(6-9)7-13-12(11)14/h4-6,8H,3,7H2,1-2H3,(H,13,14). The van der Waals surface area contributed by atoms with Gasteiger partial charge in [-0.25, -0.2) is 0 Å². The molecular formula is C12H15NO. The molecule has 1 heterocycles. The highest BCUT2D eigenvalue weighted by Crippen LogP contribution is 2.23. The summed E-state index contributed by atoms with van der Waals surface area (Å²) in [5.74, 6) is 0.645. The molecule has 0 saturated heterocycles. The van der Waals surface area contributed by atoms with Gasteiger partial charge in [0.1, 0.15) is 0 Å². The molecule has 1 amide bonds. The largest absolute Gasteiger partial charge is 0.348 e. The maximum atomic E-state index is 11.3. The van der Waals surface area contributed by atoms with Gasteiger partial charge in [0.2, 0.25) is 0 Å². The summed E-state index contributed by atoms with van der Waals surface area (Å²) in [5.41, 5.74) is 3.33. The van der Waals surface area contributed by atoms with Gasteiger partial charge in [-0.2, -0.15) is 0 Å². The van der Waals surface area contributed by atoms with Crippen LogP contribution in [0.15, 0.2) is 18.2 Å². The Balaban J connectivity index is 2.37. The predicted octanol–water partition coefficient (Wildman–Crippen LogP) is 2.44. The van der Waals surface area contributed by atoms with Crippen LogP contribution in [0.25, 0.3) is 0 Å². The summed E-state index contributed by atoms with van der Waals surface area (Å²) < 4.78 is 0. The Labute approximate surface area is 84.3 Å². The fourth-order valence-electron chi connectivity index (χ4n) is 1.79. The van der Waals surface area contributed by atoms with Gasteiger partial charge in [0.05, 0.1) is 0 Å². The lowest BCUT2D eigenvalue weighted by Crippen LogP contribution is -2.12. The maximum absolute atomic E-state index is 11.3. The molecule has 1 aromatic carbocycles. The number of fused-ring (bicyclic) bond motifs is 1. The van der Waals surface area contributed by atoms with Crippen LogP contribution in [0.5, 0.6) is 0 Å². The molecule has 74 valence electrons. The number of benzene rings is 1. The minimum absolute atomic E-state index is 0.0655. The van der Waals surface area contributed by atoms with Gasteiger partial charge >= 0.3 is 0 Å². The second kappa shape index (κ2) is 3.45. The first-order chi connectivity index (χ1) is 6.72. The van der Waals surface area contributed by atoms with Crippen LogP contribution in [-0.4, -0.2) is 5.91 Å². The van der Waals surface area contributed by atoms with Gasteiger partial charge in [-0.1, -0.05) is 26.0 Å². The lowest BCUT2D eigenvalue weighted by molar-refractivity contribution is 0.0966. The van der Waals surface area contributed by atoms with E-state index in [9.17, 15) is 4.79 Å². The van der Waals surface area contributed by atoms with Crippen molar-refractivity contribution in [3.8, 4) is 0 Å². The smallest absolute Gasteiger partial charge is 0.251 e. The number of carbonyl (C=O) groups excluding carboxylic acids is 1. The van der Waals surface area contributed by atoms with E-state index in [0.29, 0.717) is 12.5 Å². The molecule has 0 bridgehead atoms. The Morgan fingerprint density at radius 2 is 2.29 bits per heavy atom. The zero-order valence-corrected chi connectivity index (χ0v) is 8.63. The van der Waals surface area contributed by atoms with Crippen LogP contribution in [-0.2, 0) is 6.54 Å². The molecule has 1 aromatic rings. The first-order valence-corrected chi connectivity index (χ1v) is 5.13. The molecular weight excluding hydrogens is 174 g/mol. The van der Waals surface area contributed by atoms with Gasteiger partial charge < -0.3 is 5.32 Å². The fourth-order valence-corrected chi connectivity index (χ4v) is 1.79. The molecule has 0 saturated carbocycles. The van der Waals surface area contributed by atoms with E-state index in [-0.39, 0.29) is 5.91 Å². The van der Waals surface area contributed by atoms with Crippen molar-refractivity contribution in [1.82, 2.24) is 5.32 Å².